The molecule has 0 amide bonds. The number of hydrogen-bond acceptors (Lipinski definition) is 4. The summed E-state index contributed by atoms with van der Waals surface area (Å²) in [5.74, 6) is 0.132. The number of hydrogen-bond donors (Lipinski definition) is 2. The summed E-state index contributed by atoms with van der Waals surface area (Å²) in [5, 5.41) is 12.1. The number of furan rings is 1. The maximum absolute atomic E-state index is 10.8. The lowest BCUT2D eigenvalue weighted by Crippen LogP contribution is -2.26. The minimum Gasteiger partial charge on any atom is -0.478 e. The van der Waals surface area contributed by atoms with E-state index in [1.807, 2.05) is 6.92 Å². The van der Waals surface area contributed by atoms with E-state index in [1.54, 1.807) is 20.1 Å². The van der Waals surface area contributed by atoms with Gasteiger partial charge in [-0.15, -0.1) is 0 Å². The van der Waals surface area contributed by atoms with Gasteiger partial charge in [0.05, 0.1) is 6.54 Å². The average Bonchev–Trinajstić information content (AvgIpc) is 2.65. The fourth-order valence-corrected chi connectivity index (χ4v) is 1.51. The SMILES string of the molecule is COCCC(C)NCc1cc(C(=O)O)c(C)o1. The van der Waals surface area contributed by atoms with Gasteiger partial charge >= 0.3 is 5.97 Å². The van der Waals surface area contributed by atoms with Crippen molar-refractivity contribution < 1.29 is 19.1 Å². The molecule has 96 valence electrons. The molecule has 5 nitrogen and oxygen atoms in total. The molecule has 0 aliphatic carbocycles. The van der Waals surface area contributed by atoms with Crippen molar-refractivity contribution in [1.82, 2.24) is 5.32 Å². The van der Waals surface area contributed by atoms with E-state index >= 15 is 0 Å². The number of carboxylic acids is 1. The summed E-state index contributed by atoms with van der Waals surface area (Å²) in [6.45, 7) is 4.93. The fourth-order valence-electron chi connectivity index (χ4n) is 1.51. The zero-order chi connectivity index (χ0) is 12.8. The van der Waals surface area contributed by atoms with Crippen molar-refractivity contribution in [3.63, 3.8) is 0 Å². The van der Waals surface area contributed by atoms with Crippen LogP contribution in [0.25, 0.3) is 0 Å². The molecule has 1 heterocycles. The predicted molar refractivity (Wildman–Crippen MR) is 63.2 cm³/mol. The van der Waals surface area contributed by atoms with E-state index in [-0.39, 0.29) is 5.56 Å². The Hall–Kier alpha value is -1.33. The molecule has 5 heteroatoms. The Morgan fingerprint density at radius 1 is 1.65 bits per heavy atom. The molecule has 1 rings (SSSR count). The van der Waals surface area contributed by atoms with Crippen molar-refractivity contribution in [2.75, 3.05) is 13.7 Å². The first-order chi connectivity index (χ1) is 8.04. The summed E-state index contributed by atoms with van der Waals surface area (Å²) >= 11 is 0. The number of carboxylic acid groups (broad SMARTS) is 1. The highest BCUT2D eigenvalue weighted by atomic mass is 16.5. The summed E-state index contributed by atoms with van der Waals surface area (Å²) < 4.78 is 10.3. The van der Waals surface area contributed by atoms with Crippen LogP contribution in [0.3, 0.4) is 0 Å². The molecule has 0 fully saturated rings. The summed E-state index contributed by atoms with van der Waals surface area (Å²) in [6.07, 6.45) is 0.905. The molecule has 17 heavy (non-hydrogen) atoms. The zero-order valence-electron chi connectivity index (χ0n) is 10.4. The monoisotopic (exact) mass is 241 g/mol. The van der Waals surface area contributed by atoms with E-state index in [9.17, 15) is 4.79 Å². The number of ether oxygens (including phenoxy) is 1. The number of aryl methyl sites for hydroxylation is 1. The highest BCUT2D eigenvalue weighted by molar-refractivity contribution is 5.88. The highest BCUT2D eigenvalue weighted by Gasteiger charge is 2.13. The van der Waals surface area contributed by atoms with Crippen LogP contribution in [0, 0.1) is 6.92 Å². The van der Waals surface area contributed by atoms with Crippen LogP contribution in [-0.2, 0) is 11.3 Å². The molecule has 2 N–H and O–H groups in total. The predicted octanol–water partition coefficient (Wildman–Crippen LogP) is 1.80. The number of methoxy groups -OCH3 is 1. The second-order valence-electron chi connectivity index (χ2n) is 4.05. The molecule has 1 atom stereocenters. The second kappa shape index (κ2) is 6.42. The minimum absolute atomic E-state index is 0.228. The second-order valence-corrected chi connectivity index (χ2v) is 4.05. The third-order valence-corrected chi connectivity index (χ3v) is 2.58. The Morgan fingerprint density at radius 3 is 2.88 bits per heavy atom. The van der Waals surface area contributed by atoms with Crippen molar-refractivity contribution in [2.45, 2.75) is 32.9 Å². The van der Waals surface area contributed by atoms with Crippen LogP contribution in [0.15, 0.2) is 10.5 Å². The van der Waals surface area contributed by atoms with E-state index in [1.165, 1.54) is 0 Å². The lowest BCUT2D eigenvalue weighted by Gasteiger charge is -2.11. The van der Waals surface area contributed by atoms with Gasteiger partial charge in [-0.3, -0.25) is 0 Å². The quantitative estimate of drug-likeness (QED) is 0.761. The van der Waals surface area contributed by atoms with Gasteiger partial charge in [0.25, 0.3) is 0 Å². The molecule has 0 bridgehead atoms. The Balaban J connectivity index is 2.47. The lowest BCUT2D eigenvalue weighted by atomic mass is 10.2. The smallest absolute Gasteiger partial charge is 0.339 e. The van der Waals surface area contributed by atoms with Crippen molar-refractivity contribution in [3.05, 3.63) is 23.2 Å². The third kappa shape index (κ3) is 4.20. The van der Waals surface area contributed by atoms with E-state index in [0.29, 0.717) is 30.7 Å². The topological polar surface area (TPSA) is 71.7 Å². The lowest BCUT2D eigenvalue weighted by molar-refractivity contribution is 0.0695. The number of nitrogens with one attached hydrogen (secondary N) is 1. The number of aromatic carboxylic acids is 1. The molecule has 0 saturated carbocycles. The summed E-state index contributed by atoms with van der Waals surface area (Å²) in [6, 6.07) is 1.86. The van der Waals surface area contributed by atoms with Crippen LogP contribution in [0.1, 0.15) is 35.2 Å². The van der Waals surface area contributed by atoms with Gasteiger partial charge in [0, 0.05) is 19.8 Å². The van der Waals surface area contributed by atoms with Gasteiger partial charge in [-0.25, -0.2) is 4.79 Å². The van der Waals surface area contributed by atoms with Crippen LogP contribution in [0.5, 0.6) is 0 Å². The van der Waals surface area contributed by atoms with Crippen molar-refractivity contribution in [3.8, 4) is 0 Å². The Morgan fingerprint density at radius 2 is 2.35 bits per heavy atom. The minimum atomic E-state index is -0.954. The highest BCUT2D eigenvalue weighted by Crippen LogP contribution is 2.14. The average molecular weight is 241 g/mol. The van der Waals surface area contributed by atoms with Crippen LogP contribution < -0.4 is 5.32 Å². The fraction of sp³-hybridized carbons (Fsp3) is 0.583. The Labute approximate surface area is 101 Å². The van der Waals surface area contributed by atoms with Crippen LogP contribution in [-0.4, -0.2) is 30.8 Å². The zero-order valence-corrected chi connectivity index (χ0v) is 10.4. The van der Waals surface area contributed by atoms with Crippen LogP contribution in [0.4, 0.5) is 0 Å². The Kier molecular flexibility index (Phi) is 5.18. The summed E-state index contributed by atoms with van der Waals surface area (Å²) in [5.41, 5.74) is 0.228. The molecule has 0 saturated heterocycles. The molecule has 1 aromatic heterocycles. The van der Waals surface area contributed by atoms with Gasteiger partial charge in [-0.05, 0) is 26.3 Å². The van der Waals surface area contributed by atoms with Gasteiger partial charge in [-0.2, -0.15) is 0 Å². The molecule has 0 aromatic carbocycles. The van der Waals surface area contributed by atoms with Crippen LogP contribution in [0.2, 0.25) is 0 Å². The largest absolute Gasteiger partial charge is 0.478 e. The van der Waals surface area contributed by atoms with E-state index in [2.05, 4.69) is 5.32 Å². The van der Waals surface area contributed by atoms with Gasteiger partial charge in [-0.1, -0.05) is 0 Å². The van der Waals surface area contributed by atoms with Gasteiger partial charge < -0.3 is 19.6 Å². The number of carbonyl (C=O) groups is 1. The van der Waals surface area contributed by atoms with Gasteiger partial charge in [0.15, 0.2) is 0 Å². The van der Waals surface area contributed by atoms with Crippen LogP contribution >= 0.6 is 0 Å². The van der Waals surface area contributed by atoms with Gasteiger partial charge in [0.1, 0.15) is 17.1 Å². The third-order valence-electron chi connectivity index (χ3n) is 2.58. The Bertz CT molecular complexity index is 373. The van der Waals surface area contributed by atoms with E-state index in [0.717, 1.165) is 6.42 Å². The van der Waals surface area contributed by atoms with Crippen molar-refractivity contribution >= 4 is 5.97 Å². The normalized spacial score (nSPS) is 12.6. The maximum atomic E-state index is 10.8. The number of rotatable bonds is 7. The van der Waals surface area contributed by atoms with Gasteiger partial charge in [0.2, 0.25) is 0 Å². The van der Waals surface area contributed by atoms with Crippen molar-refractivity contribution in [2.24, 2.45) is 0 Å². The van der Waals surface area contributed by atoms with Crippen molar-refractivity contribution in [1.29, 1.82) is 0 Å². The first-order valence-electron chi connectivity index (χ1n) is 5.59. The molecular formula is C12H19NO4. The first kappa shape index (κ1) is 13.7. The maximum Gasteiger partial charge on any atom is 0.339 e. The molecule has 1 aromatic rings. The molecule has 0 aliphatic rings. The molecular weight excluding hydrogens is 222 g/mol. The molecule has 0 aliphatic heterocycles. The van der Waals surface area contributed by atoms with E-state index < -0.39 is 5.97 Å². The molecule has 0 radical (unpaired) electrons. The summed E-state index contributed by atoms with van der Waals surface area (Å²) in [4.78, 5) is 10.8. The molecule has 0 spiro atoms. The standard InChI is InChI=1S/C12H19NO4/c1-8(4-5-16-3)13-7-10-6-11(12(14)15)9(2)17-10/h6,8,13H,4-5,7H2,1-3H3,(H,14,15). The first-order valence-corrected chi connectivity index (χ1v) is 5.59. The van der Waals surface area contributed by atoms with E-state index in [4.69, 9.17) is 14.3 Å². The summed E-state index contributed by atoms with van der Waals surface area (Å²) in [7, 11) is 1.67. The molecule has 1 unspecified atom stereocenters.